The van der Waals surface area contributed by atoms with Gasteiger partial charge in [0, 0.05) is 5.56 Å². The highest BCUT2D eigenvalue weighted by Gasteiger charge is 2.24. The average Bonchev–Trinajstić information content (AvgIpc) is 2.89. The molecule has 170 valence electrons. The molecule has 4 aromatic carbocycles. The molecule has 0 aromatic heterocycles. The van der Waals surface area contributed by atoms with Crippen LogP contribution in [0.3, 0.4) is 0 Å². The summed E-state index contributed by atoms with van der Waals surface area (Å²) in [6.07, 6.45) is 1.49. The smallest absolute Gasteiger partial charge is 0.343 e. The van der Waals surface area contributed by atoms with Crippen molar-refractivity contribution in [2.45, 2.75) is 26.7 Å². The number of ether oxygens (including phenoxy) is 2. The van der Waals surface area contributed by atoms with Crippen molar-refractivity contribution < 1.29 is 19.1 Å². The van der Waals surface area contributed by atoms with Crippen molar-refractivity contribution in [2.75, 3.05) is 0 Å². The number of carbonyl (C=O) groups excluding carboxylic acids is 2. The molecular weight excluding hydrogens is 424 g/mol. The van der Waals surface area contributed by atoms with Crippen LogP contribution in [-0.4, -0.2) is 11.9 Å². The van der Waals surface area contributed by atoms with Gasteiger partial charge in [-0.3, -0.25) is 0 Å². The summed E-state index contributed by atoms with van der Waals surface area (Å²) in [6.45, 7) is 3.94. The maximum atomic E-state index is 13.0. The molecule has 34 heavy (non-hydrogen) atoms. The van der Waals surface area contributed by atoms with Gasteiger partial charge in [-0.2, -0.15) is 0 Å². The summed E-state index contributed by atoms with van der Waals surface area (Å²) in [5.41, 5.74) is 4.31. The van der Waals surface area contributed by atoms with Crippen molar-refractivity contribution in [3.05, 3.63) is 119 Å². The fourth-order valence-electron chi connectivity index (χ4n) is 3.85. The molecule has 0 saturated carbocycles. The first-order valence-corrected chi connectivity index (χ1v) is 11.3. The van der Waals surface area contributed by atoms with Crippen LogP contribution in [-0.2, 0) is 6.42 Å². The highest BCUT2D eigenvalue weighted by Crippen LogP contribution is 2.42. The highest BCUT2D eigenvalue weighted by atomic mass is 16.6. The van der Waals surface area contributed by atoms with Gasteiger partial charge in [-0.25, -0.2) is 9.59 Å². The Kier molecular flexibility index (Phi) is 7.19. The van der Waals surface area contributed by atoms with Crippen molar-refractivity contribution in [1.82, 2.24) is 0 Å². The second kappa shape index (κ2) is 10.6. The van der Waals surface area contributed by atoms with Gasteiger partial charge in [0.15, 0.2) is 11.5 Å². The van der Waals surface area contributed by atoms with Gasteiger partial charge < -0.3 is 9.47 Å². The summed E-state index contributed by atoms with van der Waals surface area (Å²) in [5, 5.41) is 0. The molecule has 4 nitrogen and oxygen atoms in total. The van der Waals surface area contributed by atoms with Crippen LogP contribution >= 0.6 is 0 Å². The average molecular weight is 451 g/mol. The third kappa shape index (κ3) is 5.07. The topological polar surface area (TPSA) is 52.6 Å². The monoisotopic (exact) mass is 450 g/mol. The van der Waals surface area contributed by atoms with Gasteiger partial charge >= 0.3 is 11.9 Å². The molecule has 0 heterocycles. The molecule has 0 radical (unpaired) electrons. The normalized spacial score (nSPS) is 10.5. The molecule has 0 bridgehead atoms. The molecule has 0 atom stereocenters. The molecule has 4 heteroatoms. The lowest BCUT2D eigenvalue weighted by Crippen LogP contribution is -2.15. The number of hydrogen-bond donors (Lipinski definition) is 0. The molecular formula is C30H26O4. The van der Waals surface area contributed by atoms with Crippen LogP contribution in [0.2, 0.25) is 0 Å². The summed E-state index contributed by atoms with van der Waals surface area (Å²) < 4.78 is 11.8. The van der Waals surface area contributed by atoms with Crippen molar-refractivity contribution in [2.24, 2.45) is 0 Å². The minimum absolute atomic E-state index is 0.267. The third-order valence-electron chi connectivity index (χ3n) is 5.57. The Hall–Kier alpha value is -4.18. The molecule has 0 spiro atoms. The van der Waals surface area contributed by atoms with Crippen molar-refractivity contribution in [3.8, 4) is 22.6 Å². The lowest BCUT2D eigenvalue weighted by atomic mass is 9.94. The van der Waals surface area contributed by atoms with Crippen LogP contribution in [0, 0.1) is 6.92 Å². The molecule has 0 aliphatic carbocycles. The quantitative estimate of drug-likeness (QED) is 0.224. The number of carbonyl (C=O) groups is 2. The van der Waals surface area contributed by atoms with E-state index in [1.165, 1.54) is 0 Å². The van der Waals surface area contributed by atoms with E-state index in [2.05, 4.69) is 6.92 Å². The summed E-state index contributed by atoms with van der Waals surface area (Å²) in [4.78, 5) is 26.0. The van der Waals surface area contributed by atoms with Crippen molar-refractivity contribution in [3.63, 3.8) is 0 Å². The van der Waals surface area contributed by atoms with E-state index in [1.54, 1.807) is 48.5 Å². The van der Waals surface area contributed by atoms with Gasteiger partial charge in [0.2, 0.25) is 0 Å². The molecule has 0 N–H and O–H groups in total. The first-order chi connectivity index (χ1) is 16.6. The van der Waals surface area contributed by atoms with E-state index in [-0.39, 0.29) is 11.5 Å². The van der Waals surface area contributed by atoms with Crippen molar-refractivity contribution >= 4 is 11.9 Å². The minimum atomic E-state index is -0.506. The Morgan fingerprint density at radius 3 is 1.65 bits per heavy atom. The second-order valence-corrected chi connectivity index (χ2v) is 7.99. The summed E-state index contributed by atoms with van der Waals surface area (Å²) >= 11 is 0. The second-order valence-electron chi connectivity index (χ2n) is 7.99. The zero-order valence-corrected chi connectivity index (χ0v) is 19.3. The van der Waals surface area contributed by atoms with Gasteiger partial charge in [-0.05, 0) is 60.4 Å². The maximum Gasteiger partial charge on any atom is 0.343 e. The number of hydrogen-bond acceptors (Lipinski definition) is 4. The Morgan fingerprint density at radius 2 is 1.15 bits per heavy atom. The summed E-state index contributed by atoms with van der Waals surface area (Å²) in [6, 6.07) is 29.5. The van der Waals surface area contributed by atoms with Gasteiger partial charge in [0.05, 0.1) is 11.1 Å². The molecule has 0 saturated heterocycles. The summed E-state index contributed by atoms with van der Waals surface area (Å²) in [5.74, 6) is -0.449. The van der Waals surface area contributed by atoms with E-state index in [9.17, 15) is 9.59 Å². The first kappa shape index (κ1) is 23.0. The fraction of sp³-hybridized carbons (Fsp3) is 0.133. The minimum Gasteiger partial charge on any atom is -0.419 e. The Morgan fingerprint density at radius 1 is 0.676 bits per heavy atom. The van der Waals surface area contributed by atoms with Gasteiger partial charge in [-0.1, -0.05) is 80.1 Å². The van der Waals surface area contributed by atoms with Crippen LogP contribution in [0.25, 0.3) is 11.1 Å². The van der Waals surface area contributed by atoms with Crippen LogP contribution in [0.1, 0.15) is 45.2 Å². The van der Waals surface area contributed by atoms with Crippen LogP contribution in [0.5, 0.6) is 11.5 Å². The van der Waals surface area contributed by atoms with Crippen LogP contribution < -0.4 is 9.47 Å². The number of benzene rings is 4. The molecule has 0 aliphatic heterocycles. The molecule has 0 unspecified atom stereocenters. The van der Waals surface area contributed by atoms with E-state index >= 15 is 0 Å². The van der Waals surface area contributed by atoms with Gasteiger partial charge in [-0.15, -0.1) is 0 Å². The predicted octanol–water partition coefficient (Wildman–Crippen LogP) is 7.05. The van der Waals surface area contributed by atoms with Crippen LogP contribution in [0.4, 0.5) is 0 Å². The number of rotatable bonds is 7. The number of aryl methyl sites for hydroxylation is 1. The van der Waals surface area contributed by atoms with E-state index in [4.69, 9.17) is 9.47 Å². The number of esters is 2. The predicted molar refractivity (Wildman–Crippen MR) is 133 cm³/mol. The Balaban J connectivity index is 1.85. The Bertz CT molecular complexity index is 1280. The lowest BCUT2D eigenvalue weighted by Gasteiger charge is -2.20. The molecule has 4 aromatic rings. The zero-order valence-electron chi connectivity index (χ0n) is 19.3. The standard InChI is InChI=1S/C30H26O4/c1-3-13-25-20-26(22-14-7-4-8-15-22)21(2)27(33-29(31)23-16-9-5-10-17-23)28(25)34-30(32)24-18-11-6-12-19-24/h4-12,14-20H,3,13H2,1-2H3. The third-order valence-corrected chi connectivity index (χ3v) is 5.57. The Labute approximate surface area is 199 Å². The first-order valence-electron chi connectivity index (χ1n) is 11.3. The van der Waals surface area contributed by atoms with Gasteiger partial charge in [0.25, 0.3) is 0 Å². The molecule has 0 fully saturated rings. The van der Waals surface area contributed by atoms with Crippen molar-refractivity contribution in [1.29, 1.82) is 0 Å². The van der Waals surface area contributed by atoms with Crippen LogP contribution in [0.15, 0.2) is 97.1 Å². The van der Waals surface area contributed by atoms with E-state index in [0.29, 0.717) is 17.5 Å². The largest absolute Gasteiger partial charge is 0.419 e. The summed E-state index contributed by atoms with van der Waals surface area (Å²) in [7, 11) is 0. The maximum absolute atomic E-state index is 13.0. The molecule has 0 amide bonds. The lowest BCUT2D eigenvalue weighted by molar-refractivity contribution is 0.0680. The fourth-order valence-corrected chi connectivity index (χ4v) is 3.85. The zero-order chi connectivity index (χ0) is 23.9. The van der Waals surface area contributed by atoms with E-state index < -0.39 is 11.9 Å². The van der Waals surface area contributed by atoms with E-state index in [1.807, 2.05) is 55.5 Å². The SMILES string of the molecule is CCCc1cc(-c2ccccc2)c(C)c(OC(=O)c2ccccc2)c1OC(=O)c1ccccc1. The van der Waals surface area contributed by atoms with E-state index in [0.717, 1.165) is 28.7 Å². The van der Waals surface area contributed by atoms with Gasteiger partial charge in [0.1, 0.15) is 0 Å². The molecule has 4 rings (SSSR count). The molecule has 0 aliphatic rings. The highest BCUT2D eigenvalue weighted by molar-refractivity contribution is 5.94.